The highest BCUT2D eigenvalue weighted by atomic mass is 19.1. The maximum atomic E-state index is 13.7. The van der Waals surface area contributed by atoms with Crippen LogP contribution >= 0.6 is 0 Å². The summed E-state index contributed by atoms with van der Waals surface area (Å²) in [6, 6.07) is 4.90. The molecule has 0 bridgehead atoms. The van der Waals surface area contributed by atoms with E-state index >= 15 is 0 Å². The van der Waals surface area contributed by atoms with Crippen LogP contribution in [-0.2, 0) is 6.54 Å². The topological polar surface area (TPSA) is 53.1 Å². The fraction of sp³-hybridized carbons (Fsp3) is 0.308. The third-order valence-corrected chi connectivity index (χ3v) is 2.56. The van der Waals surface area contributed by atoms with Crippen LogP contribution in [0, 0.1) is 5.82 Å². The maximum absolute atomic E-state index is 13.7. The van der Waals surface area contributed by atoms with E-state index < -0.39 is 0 Å². The van der Waals surface area contributed by atoms with E-state index in [1.54, 1.807) is 16.9 Å². The number of rotatable bonds is 5. The summed E-state index contributed by atoms with van der Waals surface area (Å²) in [6.07, 6.45) is 3.55. The van der Waals surface area contributed by atoms with Crippen molar-refractivity contribution in [1.29, 1.82) is 0 Å². The number of aromatic nitrogens is 2. The van der Waals surface area contributed by atoms with Crippen LogP contribution in [0.1, 0.15) is 6.92 Å². The molecule has 1 aromatic carbocycles. The summed E-state index contributed by atoms with van der Waals surface area (Å²) in [5.74, 6) is -0.0866. The van der Waals surface area contributed by atoms with E-state index in [1.165, 1.54) is 6.07 Å². The second kappa shape index (κ2) is 5.64. The first-order valence-electron chi connectivity index (χ1n) is 5.90. The van der Waals surface area contributed by atoms with Gasteiger partial charge in [0.2, 0.25) is 0 Å². The minimum absolute atomic E-state index is 0.274. The van der Waals surface area contributed by atoms with Crippen LogP contribution in [0.5, 0.6) is 5.75 Å². The van der Waals surface area contributed by atoms with Crippen molar-refractivity contribution in [3.05, 3.63) is 36.4 Å². The highest BCUT2D eigenvalue weighted by Crippen LogP contribution is 2.25. The van der Waals surface area contributed by atoms with Gasteiger partial charge in [0.1, 0.15) is 0 Å². The maximum Gasteiger partial charge on any atom is 0.165 e. The molecule has 0 aliphatic rings. The Kier molecular flexibility index (Phi) is 3.94. The Morgan fingerprint density at radius 1 is 1.39 bits per heavy atom. The number of hydrogen-bond donors (Lipinski definition) is 1. The predicted molar refractivity (Wildman–Crippen MR) is 67.8 cm³/mol. The third-order valence-electron chi connectivity index (χ3n) is 2.56. The molecule has 0 unspecified atom stereocenters. The van der Waals surface area contributed by atoms with Crippen LogP contribution < -0.4 is 10.5 Å². The second-order valence-corrected chi connectivity index (χ2v) is 3.86. The summed E-state index contributed by atoms with van der Waals surface area (Å²) in [5, 5.41) is 4.15. The van der Waals surface area contributed by atoms with Gasteiger partial charge >= 0.3 is 0 Å². The molecule has 0 radical (unpaired) electrons. The van der Waals surface area contributed by atoms with Gasteiger partial charge in [-0.2, -0.15) is 5.10 Å². The van der Waals surface area contributed by atoms with Crippen LogP contribution in [0.3, 0.4) is 0 Å². The van der Waals surface area contributed by atoms with Gasteiger partial charge in [-0.15, -0.1) is 0 Å². The monoisotopic (exact) mass is 249 g/mol. The molecule has 96 valence electrons. The van der Waals surface area contributed by atoms with Gasteiger partial charge in [-0.3, -0.25) is 4.68 Å². The van der Waals surface area contributed by atoms with Crippen LogP contribution in [-0.4, -0.2) is 22.9 Å². The molecule has 0 fully saturated rings. The number of ether oxygens (including phenoxy) is 1. The average molecular weight is 249 g/mol. The third kappa shape index (κ3) is 2.68. The molecule has 1 heterocycles. The van der Waals surface area contributed by atoms with Crippen molar-refractivity contribution in [2.75, 3.05) is 13.2 Å². The Balaban J connectivity index is 2.24. The average Bonchev–Trinajstić information content (AvgIpc) is 2.81. The highest BCUT2D eigenvalue weighted by Gasteiger charge is 2.07. The van der Waals surface area contributed by atoms with E-state index in [-0.39, 0.29) is 11.6 Å². The van der Waals surface area contributed by atoms with Crippen LogP contribution in [0.4, 0.5) is 4.39 Å². The zero-order chi connectivity index (χ0) is 13.0. The Labute approximate surface area is 105 Å². The highest BCUT2D eigenvalue weighted by molar-refractivity contribution is 5.62. The quantitative estimate of drug-likeness (QED) is 0.882. The van der Waals surface area contributed by atoms with Crippen molar-refractivity contribution >= 4 is 0 Å². The second-order valence-electron chi connectivity index (χ2n) is 3.86. The van der Waals surface area contributed by atoms with Gasteiger partial charge in [-0.1, -0.05) is 6.07 Å². The molecule has 0 amide bonds. The molecule has 0 saturated carbocycles. The summed E-state index contributed by atoms with van der Waals surface area (Å²) >= 11 is 0. The lowest BCUT2D eigenvalue weighted by Gasteiger charge is -2.05. The smallest absolute Gasteiger partial charge is 0.165 e. The van der Waals surface area contributed by atoms with Crippen molar-refractivity contribution in [1.82, 2.24) is 9.78 Å². The summed E-state index contributed by atoms with van der Waals surface area (Å²) in [4.78, 5) is 0. The van der Waals surface area contributed by atoms with E-state index in [0.717, 1.165) is 11.1 Å². The standard InChI is InChI=1S/C13H16FN3O/c1-2-18-13-4-3-10(7-12(13)14)11-8-16-17(9-11)6-5-15/h3-4,7-9H,2,5-6,15H2,1H3. The van der Waals surface area contributed by atoms with Gasteiger partial charge in [-0.25, -0.2) is 4.39 Å². The predicted octanol–water partition coefficient (Wildman–Crippen LogP) is 2.05. The number of nitrogens with zero attached hydrogens (tertiary/aromatic N) is 2. The van der Waals surface area contributed by atoms with Crippen molar-refractivity contribution in [3.63, 3.8) is 0 Å². The first-order chi connectivity index (χ1) is 8.74. The zero-order valence-corrected chi connectivity index (χ0v) is 10.3. The number of benzene rings is 1. The molecule has 1 aromatic heterocycles. The lowest BCUT2D eigenvalue weighted by atomic mass is 10.1. The molecule has 4 nitrogen and oxygen atoms in total. The molecule has 0 saturated heterocycles. The van der Waals surface area contributed by atoms with E-state index in [1.807, 2.05) is 19.2 Å². The van der Waals surface area contributed by atoms with Crippen molar-refractivity contribution in [2.24, 2.45) is 5.73 Å². The molecule has 2 aromatic rings. The fourth-order valence-corrected chi connectivity index (χ4v) is 1.72. The summed E-state index contributed by atoms with van der Waals surface area (Å²) in [6.45, 7) is 3.45. The van der Waals surface area contributed by atoms with Crippen LogP contribution in [0.15, 0.2) is 30.6 Å². The van der Waals surface area contributed by atoms with E-state index in [0.29, 0.717) is 19.7 Å². The molecule has 0 atom stereocenters. The minimum atomic E-state index is -0.360. The molecular weight excluding hydrogens is 233 g/mol. The molecule has 18 heavy (non-hydrogen) atoms. The summed E-state index contributed by atoms with van der Waals surface area (Å²) in [5.41, 5.74) is 7.09. The van der Waals surface area contributed by atoms with E-state index in [4.69, 9.17) is 10.5 Å². The number of halogens is 1. The Morgan fingerprint density at radius 3 is 2.89 bits per heavy atom. The molecule has 0 aliphatic carbocycles. The van der Waals surface area contributed by atoms with Crippen LogP contribution in [0.25, 0.3) is 11.1 Å². The van der Waals surface area contributed by atoms with E-state index in [9.17, 15) is 4.39 Å². The molecule has 2 N–H and O–H groups in total. The Morgan fingerprint density at radius 2 is 2.22 bits per heavy atom. The summed E-state index contributed by atoms with van der Waals surface area (Å²) < 4.78 is 20.6. The Hall–Kier alpha value is -1.88. The van der Waals surface area contributed by atoms with Crippen molar-refractivity contribution < 1.29 is 9.13 Å². The van der Waals surface area contributed by atoms with Crippen LogP contribution in [0.2, 0.25) is 0 Å². The van der Waals surface area contributed by atoms with Crippen molar-refractivity contribution in [2.45, 2.75) is 13.5 Å². The first kappa shape index (κ1) is 12.6. The van der Waals surface area contributed by atoms with E-state index in [2.05, 4.69) is 5.10 Å². The van der Waals surface area contributed by atoms with Gasteiger partial charge in [-0.05, 0) is 24.6 Å². The van der Waals surface area contributed by atoms with Gasteiger partial charge < -0.3 is 10.5 Å². The largest absolute Gasteiger partial charge is 0.491 e. The minimum Gasteiger partial charge on any atom is -0.491 e. The molecule has 0 aliphatic heterocycles. The lowest BCUT2D eigenvalue weighted by molar-refractivity contribution is 0.321. The van der Waals surface area contributed by atoms with Gasteiger partial charge in [0, 0.05) is 18.3 Å². The van der Waals surface area contributed by atoms with Gasteiger partial charge in [0.15, 0.2) is 11.6 Å². The lowest BCUT2D eigenvalue weighted by Crippen LogP contribution is -2.09. The number of nitrogens with two attached hydrogens (primary N) is 1. The Bertz CT molecular complexity index is 525. The molecule has 0 spiro atoms. The molecule has 5 heteroatoms. The summed E-state index contributed by atoms with van der Waals surface area (Å²) in [7, 11) is 0. The SMILES string of the molecule is CCOc1ccc(-c2cnn(CCN)c2)cc1F. The molecular formula is C13H16FN3O. The molecule has 2 rings (SSSR count). The van der Waals surface area contributed by atoms with Crippen molar-refractivity contribution in [3.8, 4) is 16.9 Å². The zero-order valence-electron chi connectivity index (χ0n) is 10.3. The first-order valence-corrected chi connectivity index (χ1v) is 5.90. The fourth-order valence-electron chi connectivity index (χ4n) is 1.72. The van der Waals surface area contributed by atoms with Gasteiger partial charge in [0.05, 0.1) is 19.3 Å². The normalized spacial score (nSPS) is 10.6. The number of hydrogen-bond acceptors (Lipinski definition) is 3. The van der Waals surface area contributed by atoms with Gasteiger partial charge in [0.25, 0.3) is 0 Å².